The summed E-state index contributed by atoms with van der Waals surface area (Å²) in [6.07, 6.45) is 1.25. The van der Waals surface area contributed by atoms with Gasteiger partial charge in [-0.1, -0.05) is 34.1 Å². The van der Waals surface area contributed by atoms with Crippen LogP contribution in [0.1, 0.15) is 34.1 Å². The zero-order valence-electron chi connectivity index (χ0n) is 8.72. The third kappa shape index (κ3) is 7.54. The molecule has 0 fully saturated rings. The molecule has 0 rings (SSSR count). The molecule has 74 valence electrons. The second-order valence-electron chi connectivity index (χ2n) is 3.06. The molecule has 0 aromatic carbocycles. The maximum absolute atomic E-state index is 10.3. The maximum Gasteiger partial charge on any atom is 0.320 e. The van der Waals surface area contributed by atoms with E-state index in [4.69, 9.17) is 5.11 Å². The lowest BCUT2D eigenvalue weighted by atomic mass is 10.1. The summed E-state index contributed by atoms with van der Waals surface area (Å²) >= 11 is 0. The molecule has 0 saturated heterocycles. The Hall–Kier alpha value is -0.570. The molecule has 0 aromatic rings. The topological polar surface area (TPSA) is 49.3 Å². The molecule has 1 unspecified atom stereocenters. The zero-order chi connectivity index (χ0) is 10.1. The van der Waals surface area contributed by atoms with Crippen LogP contribution < -0.4 is 5.32 Å². The zero-order valence-corrected chi connectivity index (χ0v) is 8.72. The van der Waals surface area contributed by atoms with Crippen molar-refractivity contribution in [1.82, 2.24) is 5.32 Å². The quantitative estimate of drug-likeness (QED) is 0.686. The monoisotopic (exact) mass is 175 g/mol. The van der Waals surface area contributed by atoms with Crippen LogP contribution in [0.5, 0.6) is 0 Å². The highest BCUT2D eigenvalue weighted by molar-refractivity contribution is 5.73. The van der Waals surface area contributed by atoms with E-state index in [1.807, 2.05) is 13.8 Å². The maximum atomic E-state index is 10.3. The smallest absolute Gasteiger partial charge is 0.320 e. The van der Waals surface area contributed by atoms with Gasteiger partial charge in [0, 0.05) is 0 Å². The molecule has 12 heavy (non-hydrogen) atoms. The normalized spacial score (nSPS) is 11.8. The molecule has 0 radical (unpaired) electrons. The standard InChI is InChI=1S/C6H13NO2.C3H8/c1-4(2)5(7-3)6(8)9;1-3-2/h4-5,7H,1-3H3,(H,8,9);3H2,1-2H3. The molecule has 0 bridgehead atoms. The predicted molar refractivity (Wildman–Crippen MR) is 51.3 cm³/mol. The van der Waals surface area contributed by atoms with Crippen LogP contribution >= 0.6 is 0 Å². The van der Waals surface area contributed by atoms with Crippen LogP contribution in [0.3, 0.4) is 0 Å². The van der Waals surface area contributed by atoms with Crippen molar-refractivity contribution in [2.24, 2.45) is 5.92 Å². The van der Waals surface area contributed by atoms with Crippen molar-refractivity contribution < 1.29 is 9.90 Å². The van der Waals surface area contributed by atoms with Gasteiger partial charge < -0.3 is 10.4 Å². The molecule has 0 aliphatic heterocycles. The first-order valence-corrected chi connectivity index (χ1v) is 4.41. The van der Waals surface area contributed by atoms with Gasteiger partial charge in [0.15, 0.2) is 0 Å². The Labute approximate surface area is 75.2 Å². The number of hydrogen-bond donors (Lipinski definition) is 2. The van der Waals surface area contributed by atoms with Crippen LogP contribution in [0, 0.1) is 5.92 Å². The highest BCUT2D eigenvalue weighted by Gasteiger charge is 2.17. The molecule has 0 heterocycles. The highest BCUT2D eigenvalue weighted by Crippen LogP contribution is 1.99. The van der Waals surface area contributed by atoms with E-state index in [1.54, 1.807) is 7.05 Å². The largest absolute Gasteiger partial charge is 0.480 e. The van der Waals surface area contributed by atoms with Gasteiger partial charge in [-0.05, 0) is 13.0 Å². The third-order valence-electron chi connectivity index (χ3n) is 1.24. The Morgan fingerprint density at radius 2 is 1.75 bits per heavy atom. The number of rotatable bonds is 3. The highest BCUT2D eigenvalue weighted by atomic mass is 16.4. The summed E-state index contributed by atoms with van der Waals surface area (Å²) in [7, 11) is 1.65. The molecule has 3 heteroatoms. The predicted octanol–water partition coefficient (Wildman–Crippen LogP) is 1.73. The van der Waals surface area contributed by atoms with Crippen molar-refractivity contribution in [3.63, 3.8) is 0 Å². The van der Waals surface area contributed by atoms with E-state index >= 15 is 0 Å². The molecule has 0 spiro atoms. The first kappa shape index (κ1) is 14.0. The number of hydrogen-bond acceptors (Lipinski definition) is 2. The van der Waals surface area contributed by atoms with Gasteiger partial charge in [0.2, 0.25) is 0 Å². The van der Waals surface area contributed by atoms with Gasteiger partial charge in [0.1, 0.15) is 6.04 Å². The molecule has 0 aliphatic carbocycles. The SMILES string of the molecule is CCC.CNC(C(=O)O)C(C)C. The van der Waals surface area contributed by atoms with Gasteiger partial charge in [0.05, 0.1) is 0 Å². The molecular formula is C9H21NO2. The van der Waals surface area contributed by atoms with Crippen LogP contribution in [0.4, 0.5) is 0 Å². The second-order valence-corrected chi connectivity index (χ2v) is 3.06. The van der Waals surface area contributed by atoms with Crippen molar-refractivity contribution in [2.45, 2.75) is 40.2 Å². The number of aliphatic carboxylic acids is 1. The van der Waals surface area contributed by atoms with Crippen molar-refractivity contribution in [2.75, 3.05) is 7.05 Å². The van der Waals surface area contributed by atoms with Gasteiger partial charge in [-0.25, -0.2) is 0 Å². The van der Waals surface area contributed by atoms with E-state index in [9.17, 15) is 4.79 Å². The van der Waals surface area contributed by atoms with Crippen molar-refractivity contribution in [3.8, 4) is 0 Å². The molecule has 1 atom stereocenters. The Balaban J connectivity index is 0. The summed E-state index contributed by atoms with van der Waals surface area (Å²) in [4.78, 5) is 10.3. The Morgan fingerprint density at radius 3 is 1.75 bits per heavy atom. The fourth-order valence-corrected chi connectivity index (χ4v) is 0.742. The number of nitrogens with one attached hydrogen (secondary N) is 1. The molecule has 0 aliphatic rings. The van der Waals surface area contributed by atoms with E-state index in [2.05, 4.69) is 19.2 Å². The summed E-state index contributed by atoms with van der Waals surface area (Å²) in [5.41, 5.74) is 0. The van der Waals surface area contributed by atoms with E-state index in [0.29, 0.717) is 0 Å². The third-order valence-corrected chi connectivity index (χ3v) is 1.24. The fraction of sp³-hybridized carbons (Fsp3) is 0.889. The first-order chi connectivity index (χ1) is 5.51. The van der Waals surface area contributed by atoms with Crippen molar-refractivity contribution >= 4 is 5.97 Å². The van der Waals surface area contributed by atoms with Crippen LogP contribution in [0.15, 0.2) is 0 Å². The van der Waals surface area contributed by atoms with E-state index < -0.39 is 12.0 Å². The molecular weight excluding hydrogens is 154 g/mol. The summed E-state index contributed by atoms with van der Waals surface area (Å²) in [6.45, 7) is 7.99. The van der Waals surface area contributed by atoms with Crippen LogP contribution in [-0.2, 0) is 4.79 Å². The lowest BCUT2D eigenvalue weighted by molar-refractivity contribution is -0.140. The van der Waals surface area contributed by atoms with Gasteiger partial charge in [-0.3, -0.25) is 4.79 Å². The summed E-state index contributed by atoms with van der Waals surface area (Å²) in [5.74, 6) is -0.639. The minimum atomic E-state index is -0.785. The van der Waals surface area contributed by atoms with Crippen LogP contribution in [-0.4, -0.2) is 24.2 Å². The molecule has 3 nitrogen and oxygen atoms in total. The number of likely N-dealkylation sites (N-methyl/N-ethyl adjacent to an activating group) is 1. The van der Waals surface area contributed by atoms with Gasteiger partial charge >= 0.3 is 5.97 Å². The summed E-state index contributed by atoms with van der Waals surface area (Å²) < 4.78 is 0. The molecule has 0 aromatic heterocycles. The minimum Gasteiger partial charge on any atom is -0.480 e. The van der Waals surface area contributed by atoms with Crippen molar-refractivity contribution in [3.05, 3.63) is 0 Å². The Kier molecular flexibility index (Phi) is 9.93. The Morgan fingerprint density at radius 1 is 1.42 bits per heavy atom. The minimum absolute atomic E-state index is 0.146. The van der Waals surface area contributed by atoms with Crippen molar-refractivity contribution in [1.29, 1.82) is 0 Å². The van der Waals surface area contributed by atoms with Gasteiger partial charge in [-0.15, -0.1) is 0 Å². The molecule has 0 saturated carbocycles. The first-order valence-electron chi connectivity index (χ1n) is 4.41. The summed E-state index contributed by atoms with van der Waals surface area (Å²) in [6, 6.07) is -0.412. The number of carbonyl (C=O) groups is 1. The van der Waals surface area contributed by atoms with E-state index in [-0.39, 0.29) is 5.92 Å². The molecule has 0 amide bonds. The van der Waals surface area contributed by atoms with E-state index in [1.165, 1.54) is 6.42 Å². The van der Waals surface area contributed by atoms with Gasteiger partial charge in [0.25, 0.3) is 0 Å². The van der Waals surface area contributed by atoms with Crippen LogP contribution in [0.25, 0.3) is 0 Å². The second kappa shape index (κ2) is 8.53. The lowest BCUT2D eigenvalue weighted by Crippen LogP contribution is -2.38. The summed E-state index contributed by atoms with van der Waals surface area (Å²) in [5, 5.41) is 11.2. The average molecular weight is 175 g/mol. The van der Waals surface area contributed by atoms with Crippen LogP contribution in [0.2, 0.25) is 0 Å². The lowest BCUT2D eigenvalue weighted by Gasteiger charge is -2.13. The molecule has 2 N–H and O–H groups in total. The Bertz CT molecular complexity index is 113. The van der Waals surface area contributed by atoms with Gasteiger partial charge in [-0.2, -0.15) is 0 Å². The number of carboxylic acid groups (broad SMARTS) is 1. The van der Waals surface area contributed by atoms with E-state index in [0.717, 1.165) is 0 Å². The number of carboxylic acids is 1. The average Bonchev–Trinajstić information content (AvgIpc) is 1.88. The fourth-order valence-electron chi connectivity index (χ4n) is 0.742.